The summed E-state index contributed by atoms with van der Waals surface area (Å²) in [5.74, 6) is -2.27. The van der Waals surface area contributed by atoms with Crippen molar-refractivity contribution in [3.05, 3.63) is 58.6 Å². The summed E-state index contributed by atoms with van der Waals surface area (Å²) in [7, 11) is -5.13. The Balaban J connectivity index is 1.84. The first-order valence-corrected chi connectivity index (χ1v) is 10.9. The highest BCUT2D eigenvalue weighted by Crippen LogP contribution is 2.37. The largest absolute Gasteiger partial charge is 0.497 e. The van der Waals surface area contributed by atoms with Gasteiger partial charge in [0.2, 0.25) is 10.0 Å². The number of halogens is 3. The second-order valence-electron chi connectivity index (χ2n) is 7.89. The van der Waals surface area contributed by atoms with E-state index in [9.17, 15) is 17.2 Å². The van der Waals surface area contributed by atoms with Gasteiger partial charge in [0.15, 0.2) is 0 Å². The number of anilines is 1. The zero-order valence-electron chi connectivity index (χ0n) is 16.4. The minimum atomic E-state index is -4.02. The van der Waals surface area contributed by atoms with Gasteiger partial charge in [-0.05, 0) is 45.4 Å². The summed E-state index contributed by atoms with van der Waals surface area (Å²) in [6.07, 6.45) is 0. The number of hydrogen-bond acceptors (Lipinski definition) is 4. The van der Waals surface area contributed by atoms with Crippen LogP contribution in [0, 0.1) is 11.6 Å². The number of sulfonamides is 1. The molecule has 0 radical (unpaired) electrons. The summed E-state index contributed by atoms with van der Waals surface area (Å²) in [5.41, 5.74) is -1.76. The SMILES string of the molecule is CC1(C)OB(c2cc(F)c(NS(=O)(=O)Cc3ccccc3Cl)cc2F)OC1(C)C. The van der Waals surface area contributed by atoms with Crippen LogP contribution in [0.1, 0.15) is 33.3 Å². The van der Waals surface area contributed by atoms with Crippen LogP contribution in [-0.4, -0.2) is 26.7 Å². The van der Waals surface area contributed by atoms with Gasteiger partial charge in [0.1, 0.15) is 11.6 Å². The van der Waals surface area contributed by atoms with E-state index in [1.165, 1.54) is 0 Å². The van der Waals surface area contributed by atoms with Crippen molar-refractivity contribution < 1.29 is 26.5 Å². The standard InChI is InChI=1S/C19H21BClF2NO4S/c1-18(2)19(3,4)28-20(27-18)13-9-16(23)17(10-15(13)22)24-29(25,26)11-12-7-5-6-8-14(12)21/h5-10,24H,11H2,1-4H3. The zero-order valence-corrected chi connectivity index (χ0v) is 18.0. The van der Waals surface area contributed by atoms with Crippen molar-refractivity contribution in [2.75, 3.05) is 4.72 Å². The van der Waals surface area contributed by atoms with Gasteiger partial charge in [-0.3, -0.25) is 4.72 Å². The van der Waals surface area contributed by atoms with Gasteiger partial charge in [-0.2, -0.15) is 0 Å². The Morgan fingerprint density at radius 2 is 1.62 bits per heavy atom. The van der Waals surface area contributed by atoms with Gasteiger partial charge < -0.3 is 9.31 Å². The molecule has 0 amide bonds. The van der Waals surface area contributed by atoms with E-state index in [2.05, 4.69) is 4.72 Å². The fourth-order valence-electron chi connectivity index (χ4n) is 2.81. The Hall–Kier alpha value is -1.68. The van der Waals surface area contributed by atoms with Crippen molar-refractivity contribution in [1.82, 2.24) is 0 Å². The van der Waals surface area contributed by atoms with Crippen LogP contribution in [0.4, 0.5) is 14.5 Å². The molecule has 3 rings (SSSR count). The first-order valence-electron chi connectivity index (χ1n) is 8.90. The number of benzene rings is 2. The zero-order chi connectivity index (χ0) is 21.6. The summed E-state index contributed by atoms with van der Waals surface area (Å²) < 4.78 is 67.6. The van der Waals surface area contributed by atoms with Crippen LogP contribution < -0.4 is 10.2 Å². The highest BCUT2D eigenvalue weighted by Gasteiger charge is 2.52. The van der Waals surface area contributed by atoms with E-state index in [1.807, 2.05) is 0 Å². The van der Waals surface area contributed by atoms with Crippen LogP contribution in [0.5, 0.6) is 0 Å². The lowest BCUT2D eigenvalue weighted by molar-refractivity contribution is 0.00578. The number of hydrogen-bond donors (Lipinski definition) is 1. The summed E-state index contributed by atoms with van der Waals surface area (Å²) in [4.78, 5) is 0. The van der Waals surface area contributed by atoms with Crippen LogP contribution in [0.3, 0.4) is 0 Å². The van der Waals surface area contributed by atoms with Crippen molar-refractivity contribution in [3.63, 3.8) is 0 Å². The fourth-order valence-corrected chi connectivity index (χ4v) is 4.32. The van der Waals surface area contributed by atoms with Crippen LogP contribution in [-0.2, 0) is 25.1 Å². The van der Waals surface area contributed by atoms with Gasteiger partial charge in [0, 0.05) is 16.6 Å². The fraction of sp³-hybridized carbons (Fsp3) is 0.368. The van der Waals surface area contributed by atoms with Gasteiger partial charge in [-0.15, -0.1) is 0 Å². The molecule has 2 aromatic carbocycles. The quantitative estimate of drug-likeness (QED) is 0.713. The van der Waals surface area contributed by atoms with E-state index in [0.717, 1.165) is 12.1 Å². The van der Waals surface area contributed by atoms with Crippen LogP contribution in [0.2, 0.25) is 5.02 Å². The molecule has 0 atom stereocenters. The second kappa shape index (κ2) is 7.54. The summed E-state index contributed by atoms with van der Waals surface area (Å²) in [6.45, 7) is 7.16. The lowest BCUT2D eigenvalue weighted by Crippen LogP contribution is -2.41. The van der Waals surface area contributed by atoms with E-state index < -0.39 is 51.4 Å². The third kappa shape index (κ3) is 4.58. The normalized spacial score (nSPS) is 18.1. The topological polar surface area (TPSA) is 64.6 Å². The molecule has 1 N–H and O–H groups in total. The Kier molecular flexibility index (Phi) is 5.72. The third-order valence-corrected chi connectivity index (χ3v) is 6.75. The van der Waals surface area contributed by atoms with E-state index in [0.29, 0.717) is 5.56 Å². The first kappa shape index (κ1) is 22.0. The highest BCUT2D eigenvalue weighted by molar-refractivity contribution is 7.91. The van der Waals surface area contributed by atoms with Crippen LogP contribution in [0.25, 0.3) is 0 Å². The maximum atomic E-state index is 14.7. The molecule has 0 saturated carbocycles. The van der Waals surface area contributed by atoms with E-state index >= 15 is 0 Å². The molecule has 0 aromatic heterocycles. The Morgan fingerprint density at radius 3 is 2.21 bits per heavy atom. The molecule has 0 bridgehead atoms. The Bertz CT molecular complexity index is 1030. The van der Waals surface area contributed by atoms with Gasteiger partial charge in [-0.1, -0.05) is 29.8 Å². The molecule has 1 heterocycles. The molecule has 10 heteroatoms. The lowest BCUT2D eigenvalue weighted by Gasteiger charge is -2.32. The monoisotopic (exact) mass is 443 g/mol. The lowest BCUT2D eigenvalue weighted by atomic mass is 9.78. The third-order valence-electron chi connectivity index (χ3n) is 5.16. The molecule has 0 unspecified atom stereocenters. The average Bonchev–Trinajstić information content (AvgIpc) is 2.80. The predicted octanol–water partition coefficient (Wildman–Crippen LogP) is 3.86. The molecule has 1 fully saturated rings. The number of rotatable bonds is 5. The molecule has 29 heavy (non-hydrogen) atoms. The van der Waals surface area contributed by atoms with Crippen LogP contribution in [0.15, 0.2) is 36.4 Å². The van der Waals surface area contributed by atoms with Gasteiger partial charge >= 0.3 is 7.12 Å². The second-order valence-corrected chi connectivity index (χ2v) is 10.0. The van der Waals surface area contributed by atoms with Crippen molar-refractivity contribution >= 4 is 39.9 Å². The molecule has 1 aliphatic rings. The highest BCUT2D eigenvalue weighted by atomic mass is 35.5. The maximum absolute atomic E-state index is 14.7. The molecule has 0 spiro atoms. The molecule has 2 aromatic rings. The molecular weight excluding hydrogens is 423 g/mol. The Morgan fingerprint density at radius 1 is 1.03 bits per heavy atom. The minimum absolute atomic E-state index is 0.143. The Labute approximate surface area is 174 Å². The summed E-state index contributed by atoms with van der Waals surface area (Å²) in [5, 5.41) is 0.264. The predicted molar refractivity (Wildman–Crippen MR) is 110 cm³/mol. The van der Waals surface area contributed by atoms with Crippen molar-refractivity contribution in [1.29, 1.82) is 0 Å². The first-order chi connectivity index (χ1) is 13.3. The number of nitrogens with one attached hydrogen (secondary N) is 1. The van der Waals surface area contributed by atoms with Gasteiger partial charge in [0.25, 0.3) is 0 Å². The molecule has 156 valence electrons. The summed E-state index contributed by atoms with van der Waals surface area (Å²) >= 11 is 5.98. The van der Waals surface area contributed by atoms with E-state index in [-0.39, 0.29) is 10.5 Å². The molecule has 5 nitrogen and oxygen atoms in total. The summed E-state index contributed by atoms with van der Waals surface area (Å²) in [6, 6.07) is 8.04. The van der Waals surface area contributed by atoms with E-state index in [4.69, 9.17) is 20.9 Å². The van der Waals surface area contributed by atoms with Crippen molar-refractivity contribution in [2.24, 2.45) is 0 Å². The molecule has 0 aliphatic carbocycles. The van der Waals surface area contributed by atoms with E-state index in [1.54, 1.807) is 52.0 Å². The van der Waals surface area contributed by atoms with Crippen LogP contribution >= 0.6 is 11.6 Å². The maximum Gasteiger partial charge on any atom is 0.497 e. The van der Waals surface area contributed by atoms with Crippen molar-refractivity contribution in [2.45, 2.75) is 44.6 Å². The molecule has 1 aliphatic heterocycles. The van der Waals surface area contributed by atoms with Gasteiger partial charge in [0.05, 0.1) is 22.6 Å². The molecule has 1 saturated heterocycles. The van der Waals surface area contributed by atoms with Gasteiger partial charge in [-0.25, -0.2) is 17.2 Å². The average molecular weight is 444 g/mol. The smallest absolute Gasteiger partial charge is 0.399 e. The molecular formula is C19H21BClF2NO4S. The van der Waals surface area contributed by atoms with Crippen molar-refractivity contribution in [3.8, 4) is 0 Å². The minimum Gasteiger partial charge on any atom is -0.399 e.